The summed E-state index contributed by atoms with van der Waals surface area (Å²) in [5.74, 6) is -0.226. The molecular formula is C23H29ClN2O2. The Balaban J connectivity index is 2.30. The Morgan fingerprint density at radius 2 is 1.71 bits per heavy atom. The molecule has 2 amide bonds. The molecule has 5 heteroatoms. The summed E-state index contributed by atoms with van der Waals surface area (Å²) in [5.41, 5.74) is 2.91. The van der Waals surface area contributed by atoms with Gasteiger partial charge in [-0.15, -0.1) is 0 Å². The molecule has 0 fully saturated rings. The molecule has 150 valence electrons. The number of aryl methyl sites for hydroxylation is 1. The molecule has 0 bridgehead atoms. The summed E-state index contributed by atoms with van der Waals surface area (Å²) in [6.07, 6.45) is 0.777. The molecule has 0 aromatic heterocycles. The standard InChI is InChI=1S/C23H29ClN2O2/c1-5-21(23(28)25-16(2)3)26(15-19-8-6-7-9-20(19)24)22(27)14-18-12-10-17(4)11-13-18/h6-13,16,21H,5,14-15H2,1-4H3,(H,25,28). The highest BCUT2D eigenvalue weighted by Crippen LogP contribution is 2.20. The van der Waals surface area contributed by atoms with E-state index < -0.39 is 6.04 Å². The number of amides is 2. The molecular weight excluding hydrogens is 372 g/mol. The van der Waals surface area contributed by atoms with Crippen molar-refractivity contribution >= 4 is 23.4 Å². The first-order chi connectivity index (χ1) is 13.3. The maximum atomic E-state index is 13.2. The van der Waals surface area contributed by atoms with E-state index in [4.69, 9.17) is 11.6 Å². The summed E-state index contributed by atoms with van der Waals surface area (Å²) in [6, 6.07) is 14.8. The molecule has 0 aliphatic carbocycles. The van der Waals surface area contributed by atoms with Gasteiger partial charge in [-0.1, -0.05) is 66.6 Å². The molecule has 0 saturated heterocycles. The maximum Gasteiger partial charge on any atom is 0.243 e. The minimum Gasteiger partial charge on any atom is -0.352 e. The van der Waals surface area contributed by atoms with Gasteiger partial charge in [0.15, 0.2) is 0 Å². The molecule has 0 radical (unpaired) electrons. The van der Waals surface area contributed by atoms with Crippen LogP contribution in [0.1, 0.15) is 43.9 Å². The van der Waals surface area contributed by atoms with Crippen molar-refractivity contribution in [2.75, 3.05) is 0 Å². The van der Waals surface area contributed by atoms with Crippen LogP contribution in [0.15, 0.2) is 48.5 Å². The first kappa shape index (κ1) is 22.0. The zero-order valence-corrected chi connectivity index (χ0v) is 17.8. The Kier molecular flexibility index (Phi) is 8.06. The third-order valence-corrected chi connectivity index (χ3v) is 4.96. The van der Waals surface area contributed by atoms with Gasteiger partial charge in [0.1, 0.15) is 6.04 Å². The molecule has 0 aliphatic rings. The van der Waals surface area contributed by atoms with Gasteiger partial charge in [-0.05, 0) is 44.4 Å². The van der Waals surface area contributed by atoms with Crippen LogP contribution in [0.2, 0.25) is 5.02 Å². The second kappa shape index (κ2) is 10.3. The topological polar surface area (TPSA) is 49.4 Å². The van der Waals surface area contributed by atoms with E-state index in [0.29, 0.717) is 18.0 Å². The number of nitrogens with one attached hydrogen (secondary N) is 1. The van der Waals surface area contributed by atoms with Gasteiger partial charge in [0.2, 0.25) is 11.8 Å². The fourth-order valence-electron chi connectivity index (χ4n) is 3.09. The summed E-state index contributed by atoms with van der Waals surface area (Å²) in [5, 5.41) is 3.53. The number of hydrogen-bond acceptors (Lipinski definition) is 2. The van der Waals surface area contributed by atoms with Gasteiger partial charge < -0.3 is 10.2 Å². The smallest absolute Gasteiger partial charge is 0.243 e. The van der Waals surface area contributed by atoms with E-state index in [2.05, 4.69) is 5.32 Å². The number of hydrogen-bond donors (Lipinski definition) is 1. The largest absolute Gasteiger partial charge is 0.352 e. The monoisotopic (exact) mass is 400 g/mol. The molecule has 28 heavy (non-hydrogen) atoms. The van der Waals surface area contributed by atoms with Gasteiger partial charge in [0.25, 0.3) is 0 Å². The van der Waals surface area contributed by atoms with Gasteiger partial charge in [0, 0.05) is 17.6 Å². The van der Waals surface area contributed by atoms with E-state index in [0.717, 1.165) is 16.7 Å². The third kappa shape index (κ3) is 6.10. The van der Waals surface area contributed by atoms with Gasteiger partial charge in [-0.2, -0.15) is 0 Å². The summed E-state index contributed by atoms with van der Waals surface area (Å²) in [4.78, 5) is 27.6. The minimum absolute atomic E-state index is 0.0101. The molecule has 0 spiro atoms. The minimum atomic E-state index is -0.545. The number of carbonyl (C=O) groups is 2. The zero-order chi connectivity index (χ0) is 20.7. The Bertz CT molecular complexity index is 803. The highest BCUT2D eigenvalue weighted by Gasteiger charge is 2.29. The SMILES string of the molecule is CCC(C(=O)NC(C)C)N(Cc1ccccc1Cl)C(=O)Cc1ccc(C)cc1. The van der Waals surface area contributed by atoms with Crippen LogP contribution in [0.25, 0.3) is 0 Å². The van der Waals surface area contributed by atoms with Crippen LogP contribution in [-0.4, -0.2) is 28.8 Å². The second-order valence-corrected chi connectivity index (χ2v) is 7.77. The fraction of sp³-hybridized carbons (Fsp3) is 0.391. The van der Waals surface area contributed by atoms with Crippen molar-refractivity contribution in [2.24, 2.45) is 0 Å². The predicted octanol–water partition coefficient (Wildman–Crippen LogP) is 4.52. The molecule has 2 rings (SSSR count). The third-order valence-electron chi connectivity index (χ3n) is 4.59. The number of carbonyl (C=O) groups excluding carboxylic acids is 2. The van der Waals surface area contributed by atoms with Crippen LogP contribution in [0, 0.1) is 6.92 Å². The van der Waals surface area contributed by atoms with Crippen LogP contribution in [0.3, 0.4) is 0 Å². The first-order valence-electron chi connectivity index (χ1n) is 9.70. The quantitative estimate of drug-likeness (QED) is 0.708. The van der Waals surface area contributed by atoms with Crippen molar-refractivity contribution < 1.29 is 9.59 Å². The number of benzene rings is 2. The lowest BCUT2D eigenvalue weighted by molar-refractivity contribution is -0.141. The highest BCUT2D eigenvalue weighted by atomic mass is 35.5. The molecule has 4 nitrogen and oxygen atoms in total. The van der Waals surface area contributed by atoms with Gasteiger partial charge in [-0.3, -0.25) is 9.59 Å². The Hall–Kier alpha value is -2.33. The average Bonchev–Trinajstić information content (AvgIpc) is 2.64. The fourth-order valence-corrected chi connectivity index (χ4v) is 3.29. The summed E-state index contributed by atoms with van der Waals surface area (Å²) < 4.78 is 0. The first-order valence-corrected chi connectivity index (χ1v) is 10.1. The van der Waals surface area contributed by atoms with E-state index in [9.17, 15) is 9.59 Å². The lowest BCUT2D eigenvalue weighted by atomic mass is 10.1. The van der Waals surface area contributed by atoms with Crippen molar-refractivity contribution in [2.45, 2.75) is 59.2 Å². The number of nitrogens with zero attached hydrogens (tertiary/aromatic N) is 1. The van der Waals surface area contributed by atoms with Crippen molar-refractivity contribution in [3.8, 4) is 0 Å². The Morgan fingerprint density at radius 3 is 2.29 bits per heavy atom. The normalized spacial score (nSPS) is 11.9. The van der Waals surface area contributed by atoms with Crippen molar-refractivity contribution in [1.29, 1.82) is 0 Å². The van der Waals surface area contributed by atoms with Crippen LogP contribution < -0.4 is 5.32 Å². The molecule has 1 N–H and O–H groups in total. The van der Waals surface area contributed by atoms with Gasteiger partial charge >= 0.3 is 0 Å². The van der Waals surface area contributed by atoms with Crippen LogP contribution in [-0.2, 0) is 22.6 Å². The van der Waals surface area contributed by atoms with E-state index in [1.165, 1.54) is 0 Å². The lowest BCUT2D eigenvalue weighted by Crippen LogP contribution is -2.50. The molecule has 2 aromatic carbocycles. The molecule has 0 aliphatic heterocycles. The van der Waals surface area contributed by atoms with Crippen LogP contribution in [0.4, 0.5) is 0 Å². The van der Waals surface area contributed by atoms with Crippen LogP contribution >= 0.6 is 11.6 Å². The second-order valence-electron chi connectivity index (χ2n) is 7.36. The summed E-state index contributed by atoms with van der Waals surface area (Å²) in [6.45, 7) is 8.06. The summed E-state index contributed by atoms with van der Waals surface area (Å²) in [7, 11) is 0. The average molecular weight is 401 g/mol. The van der Waals surface area contributed by atoms with Crippen LogP contribution in [0.5, 0.6) is 0 Å². The van der Waals surface area contributed by atoms with Gasteiger partial charge in [-0.25, -0.2) is 0 Å². The molecule has 1 unspecified atom stereocenters. The van der Waals surface area contributed by atoms with E-state index >= 15 is 0 Å². The predicted molar refractivity (Wildman–Crippen MR) is 114 cm³/mol. The van der Waals surface area contributed by atoms with Crippen molar-refractivity contribution in [1.82, 2.24) is 10.2 Å². The van der Waals surface area contributed by atoms with Gasteiger partial charge in [0.05, 0.1) is 6.42 Å². The Morgan fingerprint density at radius 1 is 1.07 bits per heavy atom. The van der Waals surface area contributed by atoms with E-state index in [1.54, 1.807) is 11.0 Å². The van der Waals surface area contributed by atoms with Crippen molar-refractivity contribution in [3.63, 3.8) is 0 Å². The highest BCUT2D eigenvalue weighted by molar-refractivity contribution is 6.31. The summed E-state index contributed by atoms with van der Waals surface area (Å²) >= 11 is 6.32. The van der Waals surface area contributed by atoms with E-state index in [-0.39, 0.29) is 24.3 Å². The molecule has 2 aromatic rings. The number of rotatable bonds is 8. The molecule has 0 saturated carbocycles. The lowest BCUT2D eigenvalue weighted by Gasteiger charge is -2.31. The van der Waals surface area contributed by atoms with E-state index in [1.807, 2.05) is 70.2 Å². The number of halogens is 1. The molecule has 0 heterocycles. The zero-order valence-electron chi connectivity index (χ0n) is 17.0. The van der Waals surface area contributed by atoms with Crippen molar-refractivity contribution in [3.05, 3.63) is 70.2 Å². The maximum absolute atomic E-state index is 13.2. The molecule has 1 atom stereocenters. The Labute approximate surface area is 172 Å².